The topological polar surface area (TPSA) is 75.1 Å². The lowest BCUT2D eigenvalue weighted by Crippen LogP contribution is -2.51. The summed E-state index contributed by atoms with van der Waals surface area (Å²) in [5, 5.41) is 9.32. The van der Waals surface area contributed by atoms with Gasteiger partial charge in [0.15, 0.2) is 0 Å². The molecular formula is C10H14N2O3. The SMILES string of the molecule is Cc1cn(C2(CO)CCC2)c(=O)[nH]c1=O. The summed E-state index contributed by atoms with van der Waals surface area (Å²) in [6.45, 7) is 1.59. The predicted octanol–water partition coefficient (Wildman–Crippen LogP) is -0.283. The van der Waals surface area contributed by atoms with Gasteiger partial charge in [0.1, 0.15) is 0 Å². The Morgan fingerprint density at radius 3 is 2.67 bits per heavy atom. The number of aliphatic hydroxyl groups excluding tert-OH is 1. The maximum absolute atomic E-state index is 11.6. The van der Waals surface area contributed by atoms with E-state index in [1.54, 1.807) is 6.92 Å². The fraction of sp³-hybridized carbons (Fsp3) is 0.600. The smallest absolute Gasteiger partial charge is 0.328 e. The van der Waals surface area contributed by atoms with Crippen LogP contribution in [0.15, 0.2) is 15.8 Å². The second kappa shape index (κ2) is 3.34. The van der Waals surface area contributed by atoms with Crippen molar-refractivity contribution in [2.24, 2.45) is 0 Å². The molecule has 1 aromatic rings. The monoisotopic (exact) mass is 210 g/mol. The molecule has 5 nitrogen and oxygen atoms in total. The van der Waals surface area contributed by atoms with Crippen LogP contribution in [0.1, 0.15) is 24.8 Å². The number of nitrogens with one attached hydrogen (secondary N) is 1. The van der Waals surface area contributed by atoms with Gasteiger partial charge in [0.25, 0.3) is 5.56 Å². The molecule has 5 heteroatoms. The first kappa shape index (κ1) is 10.2. The number of hydrogen-bond acceptors (Lipinski definition) is 3. The number of H-pyrrole nitrogens is 1. The molecular weight excluding hydrogens is 196 g/mol. The Labute approximate surface area is 86.4 Å². The van der Waals surface area contributed by atoms with Crippen molar-refractivity contribution in [1.29, 1.82) is 0 Å². The molecule has 1 fully saturated rings. The first-order chi connectivity index (χ1) is 7.09. The van der Waals surface area contributed by atoms with E-state index in [0.29, 0.717) is 5.56 Å². The Bertz CT molecular complexity index is 477. The second-order valence-corrected chi connectivity index (χ2v) is 4.18. The zero-order valence-electron chi connectivity index (χ0n) is 8.62. The average Bonchev–Trinajstić information content (AvgIpc) is 2.12. The first-order valence-electron chi connectivity index (χ1n) is 5.03. The molecule has 0 amide bonds. The predicted molar refractivity (Wildman–Crippen MR) is 55.0 cm³/mol. The number of aryl methyl sites for hydroxylation is 1. The van der Waals surface area contributed by atoms with Gasteiger partial charge in [-0.05, 0) is 26.2 Å². The number of rotatable bonds is 2. The Kier molecular flexibility index (Phi) is 2.26. The fourth-order valence-electron chi connectivity index (χ4n) is 1.98. The highest BCUT2D eigenvalue weighted by molar-refractivity contribution is 5.06. The van der Waals surface area contributed by atoms with Crippen LogP contribution in [0.5, 0.6) is 0 Å². The maximum Gasteiger partial charge on any atom is 0.328 e. The first-order valence-corrected chi connectivity index (χ1v) is 5.03. The Hall–Kier alpha value is -1.36. The van der Waals surface area contributed by atoms with Gasteiger partial charge in [0, 0.05) is 11.8 Å². The standard InChI is InChI=1S/C10H14N2O3/c1-7-5-12(9(15)11-8(7)14)10(6-13)3-2-4-10/h5,13H,2-4,6H2,1H3,(H,11,14,15). The van der Waals surface area contributed by atoms with Gasteiger partial charge in [-0.2, -0.15) is 0 Å². The third kappa shape index (κ3) is 1.43. The summed E-state index contributed by atoms with van der Waals surface area (Å²) in [5.41, 5.74) is -0.774. The van der Waals surface area contributed by atoms with Crippen LogP contribution in [0.3, 0.4) is 0 Å². The highest BCUT2D eigenvalue weighted by Gasteiger charge is 2.39. The highest BCUT2D eigenvalue weighted by Crippen LogP contribution is 2.37. The molecule has 0 spiro atoms. The summed E-state index contributed by atoms with van der Waals surface area (Å²) in [4.78, 5) is 25.0. The highest BCUT2D eigenvalue weighted by atomic mass is 16.3. The molecule has 2 rings (SSSR count). The van der Waals surface area contributed by atoms with Gasteiger partial charge >= 0.3 is 5.69 Å². The second-order valence-electron chi connectivity index (χ2n) is 4.18. The number of hydrogen-bond donors (Lipinski definition) is 2. The van der Waals surface area contributed by atoms with Gasteiger partial charge < -0.3 is 5.11 Å². The zero-order chi connectivity index (χ0) is 11.1. The molecule has 1 aliphatic carbocycles. The van der Waals surface area contributed by atoms with Crippen LogP contribution < -0.4 is 11.2 Å². The molecule has 0 saturated heterocycles. The Morgan fingerprint density at radius 1 is 1.53 bits per heavy atom. The lowest BCUT2D eigenvalue weighted by Gasteiger charge is -2.41. The lowest BCUT2D eigenvalue weighted by molar-refractivity contribution is 0.0504. The van der Waals surface area contributed by atoms with E-state index >= 15 is 0 Å². The van der Waals surface area contributed by atoms with Crippen molar-refractivity contribution >= 4 is 0 Å². The average molecular weight is 210 g/mol. The van der Waals surface area contributed by atoms with Crippen LogP contribution in [-0.2, 0) is 5.54 Å². The van der Waals surface area contributed by atoms with Gasteiger partial charge in [0.05, 0.1) is 12.1 Å². The van der Waals surface area contributed by atoms with Gasteiger partial charge in [-0.15, -0.1) is 0 Å². The molecule has 0 atom stereocenters. The Balaban J connectivity index is 2.57. The van der Waals surface area contributed by atoms with E-state index in [1.807, 2.05) is 0 Å². The fourth-order valence-corrected chi connectivity index (χ4v) is 1.98. The van der Waals surface area contributed by atoms with Crippen LogP contribution >= 0.6 is 0 Å². The van der Waals surface area contributed by atoms with Crippen molar-refractivity contribution in [3.8, 4) is 0 Å². The summed E-state index contributed by atoms with van der Waals surface area (Å²) < 4.78 is 1.47. The van der Waals surface area contributed by atoms with Crippen molar-refractivity contribution in [3.63, 3.8) is 0 Å². The molecule has 0 radical (unpaired) electrons. The van der Waals surface area contributed by atoms with E-state index in [0.717, 1.165) is 19.3 Å². The molecule has 15 heavy (non-hydrogen) atoms. The number of aromatic nitrogens is 2. The Morgan fingerprint density at radius 2 is 2.20 bits per heavy atom. The van der Waals surface area contributed by atoms with Crippen LogP contribution in [0.4, 0.5) is 0 Å². The molecule has 1 aromatic heterocycles. The van der Waals surface area contributed by atoms with E-state index in [9.17, 15) is 14.7 Å². The summed E-state index contributed by atoms with van der Waals surface area (Å²) in [7, 11) is 0. The van der Waals surface area contributed by atoms with E-state index in [-0.39, 0.29) is 12.2 Å². The summed E-state index contributed by atoms with van der Waals surface area (Å²) in [6, 6.07) is 0. The molecule has 82 valence electrons. The molecule has 0 unspecified atom stereocenters. The van der Waals surface area contributed by atoms with E-state index in [4.69, 9.17) is 0 Å². The van der Waals surface area contributed by atoms with E-state index < -0.39 is 11.2 Å². The third-order valence-electron chi connectivity index (χ3n) is 3.21. The van der Waals surface area contributed by atoms with Crippen LogP contribution in [0.2, 0.25) is 0 Å². The quantitative estimate of drug-likeness (QED) is 0.704. The van der Waals surface area contributed by atoms with Crippen molar-refractivity contribution in [2.75, 3.05) is 6.61 Å². The van der Waals surface area contributed by atoms with Gasteiger partial charge in [-0.1, -0.05) is 0 Å². The molecule has 1 saturated carbocycles. The van der Waals surface area contributed by atoms with Crippen molar-refractivity contribution in [2.45, 2.75) is 31.7 Å². The van der Waals surface area contributed by atoms with Crippen molar-refractivity contribution in [3.05, 3.63) is 32.6 Å². The normalized spacial score (nSPS) is 18.5. The molecule has 1 heterocycles. The van der Waals surface area contributed by atoms with Crippen LogP contribution in [0.25, 0.3) is 0 Å². The van der Waals surface area contributed by atoms with Gasteiger partial charge in [-0.3, -0.25) is 14.3 Å². The molecule has 0 aliphatic heterocycles. The molecule has 1 aliphatic rings. The molecule has 2 N–H and O–H groups in total. The lowest BCUT2D eigenvalue weighted by atomic mass is 9.77. The zero-order valence-corrected chi connectivity index (χ0v) is 8.62. The minimum absolute atomic E-state index is 0.0572. The third-order valence-corrected chi connectivity index (χ3v) is 3.21. The number of aromatic amines is 1. The van der Waals surface area contributed by atoms with E-state index in [2.05, 4.69) is 4.98 Å². The largest absolute Gasteiger partial charge is 0.394 e. The van der Waals surface area contributed by atoms with Crippen molar-refractivity contribution < 1.29 is 5.11 Å². The summed E-state index contributed by atoms with van der Waals surface area (Å²) in [5.74, 6) is 0. The summed E-state index contributed by atoms with van der Waals surface area (Å²) >= 11 is 0. The number of aliphatic hydroxyl groups is 1. The van der Waals surface area contributed by atoms with Crippen LogP contribution in [0, 0.1) is 6.92 Å². The number of nitrogens with zero attached hydrogens (tertiary/aromatic N) is 1. The van der Waals surface area contributed by atoms with E-state index in [1.165, 1.54) is 10.8 Å². The molecule has 0 bridgehead atoms. The van der Waals surface area contributed by atoms with Gasteiger partial charge in [-0.25, -0.2) is 4.79 Å². The minimum atomic E-state index is -0.480. The van der Waals surface area contributed by atoms with Crippen molar-refractivity contribution in [1.82, 2.24) is 9.55 Å². The van der Waals surface area contributed by atoms with Crippen LogP contribution in [-0.4, -0.2) is 21.3 Å². The molecule has 0 aromatic carbocycles. The minimum Gasteiger partial charge on any atom is -0.394 e. The van der Waals surface area contributed by atoms with Gasteiger partial charge in [0.2, 0.25) is 0 Å². The maximum atomic E-state index is 11.6. The summed E-state index contributed by atoms with van der Waals surface area (Å²) in [6.07, 6.45) is 4.12.